The van der Waals surface area contributed by atoms with Gasteiger partial charge in [0.05, 0.1) is 17.9 Å². The monoisotopic (exact) mass is 361 g/mol. The van der Waals surface area contributed by atoms with Gasteiger partial charge in [0, 0.05) is 5.70 Å². The lowest BCUT2D eigenvalue weighted by Gasteiger charge is -2.32. The predicted octanol–water partition coefficient (Wildman–Crippen LogP) is 1.79. The smallest absolute Gasteiger partial charge is 0.333 e. The molecule has 0 aliphatic carbocycles. The maximum absolute atomic E-state index is 12.4. The predicted molar refractivity (Wildman–Crippen MR) is 79.3 cm³/mol. The van der Waals surface area contributed by atoms with Crippen LogP contribution >= 0.6 is 34.8 Å². The molecule has 10 heteroatoms. The number of hydrogen-bond donors (Lipinski definition) is 2. The summed E-state index contributed by atoms with van der Waals surface area (Å²) in [5.41, 5.74) is 5.36. The lowest BCUT2D eigenvalue weighted by Crippen LogP contribution is -2.50. The van der Waals surface area contributed by atoms with E-state index in [4.69, 9.17) is 40.5 Å². The van der Waals surface area contributed by atoms with Crippen LogP contribution in [0.1, 0.15) is 20.3 Å². The van der Waals surface area contributed by atoms with Crippen molar-refractivity contribution in [3.63, 3.8) is 0 Å². The van der Waals surface area contributed by atoms with E-state index in [1.54, 1.807) is 13.8 Å². The van der Waals surface area contributed by atoms with E-state index in [1.807, 2.05) is 0 Å². The Labute approximate surface area is 134 Å². The van der Waals surface area contributed by atoms with E-state index in [0.29, 0.717) is 4.91 Å². The first kappa shape index (κ1) is 17.6. The average molecular weight is 363 g/mol. The minimum Gasteiger partial charge on any atom is -0.369 e. The number of primary amides is 1. The molecule has 1 atom stereocenters. The van der Waals surface area contributed by atoms with E-state index in [2.05, 4.69) is 5.32 Å². The zero-order valence-corrected chi connectivity index (χ0v) is 13.9. The van der Waals surface area contributed by atoms with Gasteiger partial charge in [0.15, 0.2) is 11.0 Å². The summed E-state index contributed by atoms with van der Waals surface area (Å²) in [5, 5.41) is 2.48. The third kappa shape index (κ3) is 4.51. The van der Waals surface area contributed by atoms with Gasteiger partial charge < -0.3 is 11.1 Å². The zero-order chi connectivity index (χ0) is 15.7. The summed E-state index contributed by atoms with van der Waals surface area (Å²) >= 11 is 16.9. The molecule has 0 saturated carbocycles. The molecule has 0 spiro atoms. The molecule has 1 aliphatic rings. The summed E-state index contributed by atoms with van der Waals surface area (Å²) in [6.07, 6.45) is -0.202. The molecule has 1 rings (SSSR count). The van der Waals surface area contributed by atoms with Gasteiger partial charge in [-0.3, -0.25) is 4.79 Å². The highest BCUT2D eigenvalue weighted by Gasteiger charge is 2.38. The van der Waals surface area contributed by atoms with Crippen molar-refractivity contribution in [3.8, 4) is 0 Å². The molecular formula is C10H14Cl3N3O3S. The van der Waals surface area contributed by atoms with Crippen LogP contribution in [0.2, 0.25) is 0 Å². The zero-order valence-electron chi connectivity index (χ0n) is 10.8. The quantitative estimate of drug-likeness (QED) is 0.747. The lowest BCUT2D eigenvalue weighted by atomic mass is 10.1. The summed E-state index contributed by atoms with van der Waals surface area (Å²) in [7, 11) is -1.83. The van der Waals surface area contributed by atoms with Crippen LogP contribution in [0.3, 0.4) is 0 Å². The first-order valence-corrected chi connectivity index (χ1v) is 7.85. The summed E-state index contributed by atoms with van der Waals surface area (Å²) < 4.78 is 11.6. The van der Waals surface area contributed by atoms with Crippen LogP contribution in [-0.4, -0.2) is 30.8 Å². The molecular weight excluding hydrogens is 349 g/mol. The van der Waals surface area contributed by atoms with Gasteiger partial charge in [-0.1, -0.05) is 48.7 Å². The Balaban J connectivity index is 3.17. The van der Waals surface area contributed by atoms with Gasteiger partial charge in [0.25, 0.3) is 0 Å². The molecule has 1 aliphatic heterocycles. The number of carbonyl (C=O) groups excluding carboxylic acids is 2. The normalized spacial score (nSPS) is 20.4. The molecule has 3 amide bonds. The molecule has 0 radical (unpaired) electrons. The van der Waals surface area contributed by atoms with E-state index in [1.165, 1.54) is 0 Å². The van der Waals surface area contributed by atoms with Crippen molar-refractivity contribution in [2.24, 2.45) is 11.7 Å². The highest BCUT2D eigenvalue weighted by molar-refractivity contribution is 7.87. The minimum atomic E-state index is -1.83. The van der Waals surface area contributed by atoms with Crippen molar-refractivity contribution in [3.05, 3.63) is 10.6 Å². The molecule has 1 heterocycles. The van der Waals surface area contributed by atoms with Crippen LogP contribution in [0, 0.1) is 5.92 Å². The third-order valence-corrected chi connectivity index (χ3v) is 4.52. The van der Waals surface area contributed by atoms with Crippen LogP contribution in [0.15, 0.2) is 10.6 Å². The van der Waals surface area contributed by atoms with E-state index >= 15 is 0 Å². The first-order valence-electron chi connectivity index (χ1n) is 5.61. The second-order valence-electron chi connectivity index (χ2n) is 4.47. The second-order valence-corrected chi connectivity index (χ2v) is 8.37. The molecule has 3 N–H and O–H groups in total. The second kappa shape index (κ2) is 6.51. The fourth-order valence-corrected chi connectivity index (χ4v) is 3.75. The molecule has 0 aromatic heterocycles. The molecule has 0 bridgehead atoms. The standard InChI is InChI=1S/C10H14Cl3N3O3S/c1-5(2)8-6(3-7(14)17)15-9(18)16(20(8)19)4-10(11,12)13/h5H,3-4H2,1-2H3,(H2,14,17)(H,15,18). The number of halogens is 3. The van der Waals surface area contributed by atoms with Crippen LogP contribution in [0.4, 0.5) is 4.79 Å². The van der Waals surface area contributed by atoms with Crippen molar-refractivity contribution in [1.82, 2.24) is 9.62 Å². The van der Waals surface area contributed by atoms with Crippen molar-refractivity contribution in [2.75, 3.05) is 6.54 Å². The Morgan fingerprint density at radius 2 is 2.00 bits per heavy atom. The molecule has 1 unspecified atom stereocenters. The number of nitrogens with one attached hydrogen (secondary N) is 1. The number of alkyl halides is 3. The average Bonchev–Trinajstić information content (AvgIpc) is 2.21. The van der Waals surface area contributed by atoms with E-state index in [-0.39, 0.29) is 24.6 Å². The van der Waals surface area contributed by atoms with E-state index < -0.39 is 26.7 Å². The largest absolute Gasteiger partial charge is 0.369 e. The highest BCUT2D eigenvalue weighted by Crippen LogP contribution is 2.32. The molecule has 0 saturated heterocycles. The number of nitrogens with zero attached hydrogens (tertiary/aromatic N) is 1. The molecule has 0 aromatic carbocycles. The summed E-state index contributed by atoms with van der Waals surface area (Å²) in [5.74, 6) is -0.811. The Morgan fingerprint density at radius 3 is 2.40 bits per heavy atom. The molecule has 0 fully saturated rings. The summed E-state index contributed by atoms with van der Waals surface area (Å²) in [4.78, 5) is 23.3. The van der Waals surface area contributed by atoms with E-state index in [9.17, 15) is 13.8 Å². The number of hydrogen-bond acceptors (Lipinski definition) is 3. The summed E-state index contributed by atoms with van der Waals surface area (Å²) in [6, 6.07) is -0.699. The first-order chi connectivity index (χ1) is 9.03. The van der Waals surface area contributed by atoms with Crippen LogP contribution in [-0.2, 0) is 15.8 Å². The number of allylic oxidation sites excluding steroid dienone is 1. The van der Waals surface area contributed by atoms with Crippen LogP contribution in [0.5, 0.6) is 0 Å². The van der Waals surface area contributed by atoms with Crippen LogP contribution in [0.25, 0.3) is 0 Å². The van der Waals surface area contributed by atoms with Gasteiger partial charge in [-0.15, -0.1) is 0 Å². The maximum atomic E-state index is 12.4. The van der Waals surface area contributed by atoms with Gasteiger partial charge in [-0.05, 0) is 5.92 Å². The topological polar surface area (TPSA) is 92.5 Å². The van der Waals surface area contributed by atoms with Gasteiger partial charge in [-0.25, -0.2) is 13.3 Å². The Kier molecular flexibility index (Phi) is 5.71. The summed E-state index contributed by atoms with van der Waals surface area (Å²) in [6.45, 7) is 3.22. The Bertz CT molecular complexity index is 488. The molecule has 20 heavy (non-hydrogen) atoms. The van der Waals surface area contributed by atoms with Gasteiger partial charge in [0.1, 0.15) is 0 Å². The molecule has 0 aromatic rings. The maximum Gasteiger partial charge on any atom is 0.333 e. The number of amides is 3. The SMILES string of the molecule is CC(C)C1=C(CC(N)=O)NC(=O)N(CC(Cl)(Cl)Cl)S1=O. The van der Waals surface area contributed by atoms with Crippen LogP contribution < -0.4 is 11.1 Å². The van der Waals surface area contributed by atoms with Crippen molar-refractivity contribution < 1.29 is 13.8 Å². The number of urea groups is 1. The number of nitrogens with two attached hydrogens (primary N) is 1. The van der Waals surface area contributed by atoms with Crippen molar-refractivity contribution >= 4 is 57.7 Å². The number of rotatable bonds is 4. The Hall–Kier alpha value is -0.500. The fourth-order valence-electron chi connectivity index (χ4n) is 1.70. The van der Waals surface area contributed by atoms with Crippen molar-refractivity contribution in [2.45, 2.75) is 24.1 Å². The van der Waals surface area contributed by atoms with E-state index in [0.717, 1.165) is 4.31 Å². The van der Waals surface area contributed by atoms with Gasteiger partial charge in [0.2, 0.25) is 9.70 Å². The van der Waals surface area contributed by atoms with Gasteiger partial charge >= 0.3 is 6.03 Å². The molecule has 114 valence electrons. The fraction of sp³-hybridized carbons (Fsp3) is 0.600. The highest BCUT2D eigenvalue weighted by atomic mass is 35.6. The molecule has 6 nitrogen and oxygen atoms in total. The third-order valence-electron chi connectivity index (χ3n) is 2.37. The van der Waals surface area contributed by atoms with Gasteiger partial charge in [-0.2, -0.15) is 0 Å². The number of carbonyl (C=O) groups is 2. The van der Waals surface area contributed by atoms with Crippen molar-refractivity contribution in [1.29, 1.82) is 0 Å². The Morgan fingerprint density at radius 1 is 1.45 bits per heavy atom. The lowest BCUT2D eigenvalue weighted by molar-refractivity contribution is -0.117. The minimum absolute atomic E-state index is 0.177.